The van der Waals surface area contributed by atoms with Crippen LogP contribution in [0.5, 0.6) is 5.75 Å². The van der Waals surface area contributed by atoms with Gasteiger partial charge in [0.15, 0.2) is 0 Å². The largest absolute Gasteiger partial charge is 0.493 e. The molecule has 1 aliphatic carbocycles. The summed E-state index contributed by atoms with van der Waals surface area (Å²) in [5, 5.41) is 0. The molecule has 1 aromatic rings. The standard InChI is InChI=1S/C13H17O/c1-3-7-12(8-4-1)11-14-13-9-5-2-6-10-13/h2,5,9-10,12H,1,3-4,7-8,11H2. The molecule has 1 aliphatic rings. The molecule has 1 heteroatoms. The Hall–Kier alpha value is -0.980. The van der Waals surface area contributed by atoms with Gasteiger partial charge in [0.1, 0.15) is 5.75 Å². The fraction of sp³-hybridized carbons (Fsp3) is 0.538. The lowest BCUT2D eigenvalue weighted by molar-refractivity contribution is 0.209. The average Bonchev–Trinajstić information content (AvgIpc) is 2.29. The maximum absolute atomic E-state index is 5.71. The van der Waals surface area contributed by atoms with Gasteiger partial charge in [0.25, 0.3) is 0 Å². The summed E-state index contributed by atoms with van der Waals surface area (Å²) in [6, 6.07) is 10.8. The van der Waals surface area contributed by atoms with Crippen LogP contribution in [0.25, 0.3) is 0 Å². The van der Waals surface area contributed by atoms with Crippen LogP contribution < -0.4 is 4.74 Å². The number of hydrogen-bond acceptors (Lipinski definition) is 1. The summed E-state index contributed by atoms with van der Waals surface area (Å²) in [5.74, 6) is 1.74. The first-order valence-corrected chi connectivity index (χ1v) is 5.54. The van der Waals surface area contributed by atoms with Crippen molar-refractivity contribution >= 4 is 0 Å². The molecule has 0 heterocycles. The molecular weight excluding hydrogens is 172 g/mol. The van der Waals surface area contributed by atoms with Gasteiger partial charge in [-0.2, -0.15) is 0 Å². The van der Waals surface area contributed by atoms with Crippen LogP contribution in [0.15, 0.2) is 24.3 Å². The Bertz CT molecular complexity index is 249. The van der Waals surface area contributed by atoms with Gasteiger partial charge < -0.3 is 4.74 Å². The van der Waals surface area contributed by atoms with E-state index < -0.39 is 0 Å². The number of hydrogen-bond donors (Lipinski definition) is 0. The normalized spacial score (nSPS) is 18.0. The lowest BCUT2D eigenvalue weighted by Crippen LogP contribution is -2.15. The van der Waals surface area contributed by atoms with Crippen molar-refractivity contribution in [2.24, 2.45) is 5.92 Å². The van der Waals surface area contributed by atoms with Gasteiger partial charge in [-0.3, -0.25) is 0 Å². The second kappa shape index (κ2) is 5.04. The molecule has 0 bridgehead atoms. The van der Waals surface area contributed by atoms with Gasteiger partial charge in [0, 0.05) is 0 Å². The van der Waals surface area contributed by atoms with E-state index in [2.05, 4.69) is 6.07 Å². The Morgan fingerprint density at radius 2 is 2.14 bits per heavy atom. The molecule has 0 N–H and O–H groups in total. The third kappa shape index (κ3) is 2.76. The maximum atomic E-state index is 5.71. The van der Waals surface area contributed by atoms with Crippen LogP contribution in [0.1, 0.15) is 32.1 Å². The number of rotatable bonds is 3. The molecule has 0 unspecified atom stereocenters. The summed E-state index contributed by atoms with van der Waals surface area (Å²) in [4.78, 5) is 0. The van der Waals surface area contributed by atoms with Crippen molar-refractivity contribution in [2.75, 3.05) is 6.61 Å². The predicted molar refractivity (Wildman–Crippen MR) is 57.3 cm³/mol. The van der Waals surface area contributed by atoms with Crippen LogP contribution in [-0.4, -0.2) is 6.61 Å². The Morgan fingerprint density at radius 3 is 2.86 bits per heavy atom. The highest BCUT2D eigenvalue weighted by Gasteiger charge is 2.13. The van der Waals surface area contributed by atoms with Crippen LogP contribution in [0, 0.1) is 12.0 Å². The zero-order valence-corrected chi connectivity index (χ0v) is 8.54. The van der Waals surface area contributed by atoms with Crippen LogP contribution in [0.4, 0.5) is 0 Å². The molecule has 2 rings (SSSR count). The van der Waals surface area contributed by atoms with E-state index >= 15 is 0 Å². The van der Waals surface area contributed by atoms with E-state index in [0.29, 0.717) is 0 Å². The summed E-state index contributed by atoms with van der Waals surface area (Å²) in [5.41, 5.74) is 0. The van der Waals surface area contributed by atoms with Crippen molar-refractivity contribution in [3.05, 3.63) is 30.3 Å². The molecule has 1 aromatic carbocycles. The van der Waals surface area contributed by atoms with Gasteiger partial charge >= 0.3 is 0 Å². The van der Waals surface area contributed by atoms with Crippen LogP contribution in [0.2, 0.25) is 0 Å². The SMILES string of the molecule is [c]1cccc(OCC2CCCCC2)c1. The van der Waals surface area contributed by atoms with E-state index in [9.17, 15) is 0 Å². The molecule has 0 spiro atoms. The molecule has 1 radical (unpaired) electrons. The Labute approximate surface area is 86.1 Å². The van der Waals surface area contributed by atoms with Crippen LogP contribution >= 0.6 is 0 Å². The number of benzene rings is 1. The minimum atomic E-state index is 0.781. The molecule has 0 aliphatic heterocycles. The van der Waals surface area contributed by atoms with Gasteiger partial charge in [-0.1, -0.05) is 31.4 Å². The van der Waals surface area contributed by atoms with Gasteiger partial charge in [0.2, 0.25) is 0 Å². The lowest BCUT2D eigenvalue weighted by atomic mass is 9.90. The third-order valence-electron chi connectivity index (χ3n) is 2.89. The topological polar surface area (TPSA) is 9.23 Å². The number of ether oxygens (including phenoxy) is 1. The first-order chi connectivity index (χ1) is 6.95. The summed E-state index contributed by atoms with van der Waals surface area (Å²) in [6.07, 6.45) is 6.87. The van der Waals surface area contributed by atoms with Crippen molar-refractivity contribution in [2.45, 2.75) is 32.1 Å². The van der Waals surface area contributed by atoms with Crippen LogP contribution in [-0.2, 0) is 0 Å². The van der Waals surface area contributed by atoms with E-state index in [1.165, 1.54) is 32.1 Å². The second-order valence-electron chi connectivity index (χ2n) is 4.05. The van der Waals surface area contributed by atoms with E-state index in [0.717, 1.165) is 18.3 Å². The molecular formula is C13H17O. The van der Waals surface area contributed by atoms with Gasteiger partial charge in [-0.25, -0.2) is 0 Å². The molecule has 14 heavy (non-hydrogen) atoms. The molecule has 1 nitrogen and oxygen atoms in total. The summed E-state index contributed by atoms with van der Waals surface area (Å²) in [6.45, 7) is 0.887. The van der Waals surface area contributed by atoms with Crippen LogP contribution in [0.3, 0.4) is 0 Å². The molecule has 0 atom stereocenters. The van der Waals surface area contributed by atoms with Crippen molar-refractivity contribution in [1.82, 2.24) is 0 Å². The van der Waals surface area contributed by atoms with E-state index in [4.69, 9.17) is 4.74 Å². The molecule has 1 saturated carbocycles. The van der Waals surface area contributed by atoms with Crippen molar-refractivity contribution in [3.63, 3.8) is 0 Å². The molecule has 0 amide bonds. The highest BCUT2D eigenvalue weighted by molar-refractivity contribution is 5.19. The van der Waals surface area contributed by atoms with Crippen molar-refractivity contribution < 1.29 is 4.74 Å². The molecule has 75 valence electrons. The third-order valence-corrected chi connectivity index (χ3v) is 2.89. The Kier molecular flexibility index (Phi) is 3.44. The van der Waals surface area contributed by atoms with E-state index in [-0.39, 0.29) is 0 Å². The summed E-state index contributed by atoms with van der Waals surface area (Å²) >= 11 is 0. The minimum absolute atomic E-state index is 0.781. The quantitative estimate of drug-likeness (QED) is 0.707. The summed E-state index contributed by atoms with van der Waals surface area (Å²) in [7, 11) is 0. The van der Waals surface area contributed by atoms with Gasteiger partial charge in [-0.15, -0.1) is 0 Å². The first-order valence-electron chi connectivity index (χ1n) is 5.54. The van der Waals surface area contributed by atoms with Crippen molar-refractivity contribution in [1.29, 1.82) is 0 Å². The monoisotopic (exact) mass is 189 g/mol. The van der Waals surface area contributed by atoms with Crippen molar-refractivity contribution in [3.8, 4) is 5.75 Å². The second-order valence-corrected chi connectivity index (χ2v) is 4.05. The highest BCUT2D eigenvalue weighted by atomic mass is 16.5. The molecule has 0 aromatic heterocycles. The predicted octanol–water partition coefficient (Wildman–Crippen LogP) is 3.45. The molecule has 0 saturated heterocycles. The Morgan fingerprint density at radius 1 is 1.29 bits per heavy atom. The van der Waals surface area contributed by atoms with E-state index in [1.54, 1.807) is 0 Å². The summed E-state index contributed by atoms with van der Waals surface area (Å²) < 4.78 is 5.71. The zero-order valence-electron chi connectivity index (χ0n) is 8.54. The van der Waals surface area contributed by atoms with Gasteiger partial charge in [0.05, 0.1) is 6.61 Å². The average molecular weight is 189 g/mol. The maximum Gasteiger partial charge on any atom is 0.119 e. The minimum Gasteiger partial charge on any atom is -0.493 e. The Balaban J connectivity index is 1.76. The fourth-order valence-corrected chi connectivity index (χ4v) is 2.03. The first kappa shape index (κ1) is 9.57. The molecule has 1 fully saturated rings. The van der Waals surface area contributed by atoms with Gasteiger partial charge in [-0.05, 0) is 37.0 Å². The highest BCUT2D eigenvalue weighted by Crippen LogP contribution is 2.24. The fourth-order valence-electron chi connectivity index (χ4n) is 2.03. The van der Waals surface area contributed by atoms with E-state index in [1.807, 2.05) is 24.3 Å². The zero-order chi connectivity index (χ0) is 9.64. The lowest BCUT2D eigenvalue weighted by Gasteiger charge is -2.21. The smallest absolute Gasteiger partial charge is 0.119 e.